The van der Waals surface area contributed by atoms with Crippen LogP contribution in [0.4, 0.5) is 4.39 Å². The Bertz CT molecular complexity index is 1140. The van der Waals surface area contributed by atoms with Gasteiger partial charge in [-0.3, -0.25) is 4.99 Å². The highest BCUT2D eigenvalue weighted by molar-refractivity contribution is 9.10. The van der Waals surface area contributed by atoms with E-state index in [1.807, 2.05) is 6.07 Å². The molecule has 2 aromatic carbocycles. The average molecular weight is 499 g/mol. The first-order chi connectivity index (χ1) is 13.7. The van der Waals surface area contributed by atoms with E-state index in [0.717, 1.165) is 11.1 Å². The maximum atomic E-state index is 13.8. The summed E-state index contributed by atoms with van der Waals surface area (Å²) in [7, 11) is -3.57. The Morgan fingerprint density at radius 3 is 2.59 bits per heavy atom. The van der Waals surface area contributed by atoms with Gasteiger partial charge in [-0.25, -0.2) is 12.8 Å². The molecule has 2 aliphatic rings. The predicted molar refractivity (Wildman–Crippen MR) is 115 cm³/mol. The van der Waals surface area contributed by atoms with Gasteiger partial charge in [0.05, 0.1) is 32.0 Å². The lowest BCUT2D eigenvalue weighted by Crippen LogP contribution is -2.33. The highest BCUT2D eigenvalue weighted by atomic mass is 79.9. The number of halogens is 3. The summed E-state index contributed by atoms with van der Waals surface area (Å²) in [6.45, 7) is 0. The first-order valence-electron chi connectivity index (χ1n) is 9.15. The van der Waals surface area contributed by atoms with E-state index in [4.69, 9.17) is 11.6 Å². The maximum absolute atomic E-state index is 13.8. The lowest BCUT2D eigenvalue weighted by molar-refractivity contribution is 0.0526. The average Bonchev–Trinajstić information content (AvgIpc) is 3.13. The number of aliphatic hydroxyl groups excluding tert-OH is 1. The van der Waals surface area contributed by atoms with Crippen LogP contribution in [0.15, 0.2) is 57.0 Å². The van der Waals surface area contributed by atoms with Gasteiger partial charge in [0.1, 0.15) is 5.82 Å². The molecule has 2 aromatic rings. The van der Waals surface area contributed by atoms with Crippen LogP contribution in [0.3, 0.4) is 0 Å². The summed E-state index contributed by atoms with van der Waals surface area (Å²) < 4.78 is 39.9. The van der Waals surface area contributed by atoms with Crippen molar-refractivity contribution in [3.8, 4) is 0 Å². The van der Waals surface area contributed by atoms with Gasteiger partial charge < -0.3 is 5.11 Å². The van der Waals surface area contributed by atoms with Crippen molar-refractivity contribution in [3.63, 3.8) is 0 Å². The van der Waals surface area contributed by atoms with Gasteiger partial charge in [-0.15, -0.1) is 0 Å². The molecule has 1 heterocycles. The third-order valence-electron chi connectivity index (χ3n) is 5.29. The van der Waals surface area contributed by atoms with Gasteiger partial charge in [0.25, 0.3) is 0 Å². The molecule has 0 radical (unpaired) electrons. The van der Waals surface area contributed by atoms with Crippen LogP contribution in [0, 0.1) is 11.7 Å². The number of hydrogen-bond acceptors (Lipinski definition) is 4. The summed E-state index contributed by atoms with van der Waals surface area (Å²) in [5.74, 6) is -0.418. The summed E-state index contributed by atoms with van der Waals surface area (Å²) in [5, 5.41) is 9.59. The highest BCUT2D eigenvalue weighted by Gasteiger charge is 2.33. The first-order valence-corrected chi connectivity index (χ1v) is 12.0. The van der Waals surface area contributed by atoms with Crippen molar-refractivity contribution in [2.75, 3.05) is 5.75 Å². The van der Waals surface area contributed by atoms with E-state index in [2.05, 4.69) is 20.9 Å². The van der Waals surface area contributed by atoms with Crippen molar-refractivity contribution in [1.82, 2.24) is 0 Å². The monoisotopic (exact) mass is 497 g/mol. The fourth-order valence-corrected chi connectivity index (χ4v) is 6.10. The second-order valence-corrected chi connectivity index (χ2v) is 10.7. The molecule has 4 rings (SSSR count). The van der Waals surface area contributed by atoms with Gasteiger partial charge in [0, 0.05) is 12.6 Å². The molecule has 29 heavy (non-hydrogen) atoms. The minimum absolute atomic E-state index is 0.0264. The molecule has 152 valence electrons. The van der Waals surface area contributed by atoms with Gasteiger partial charge in [-0.05, 0) is 75.7 Å². The summed E-state index contributed by atoms with van der Waals surface area (Å²) in [5.41, 5.74) is 2.96. The zero-order valence-electron chi connectivity index (χ0n) is 15.3. The minimum Gasteiger partial charge on any atom is -0.393 e. The molecule has 1 saturated carbocycles. The molecule has 0 saturated heterocycles. The van der Waals surface area contributed by atoms with Crippen LogP contribution in [-0.2, 0) is 9.84 Å². The molecule has 0 amide bonds. The first kappa shape index (κ1) is 20.7. The molecule has 4 nitrogen and oxygen atoms in total. The largest absolute Gasteiger partial charge is 0.393 e. The Morgan fingerprint density at radius 1 is 1.17 bits per heavy atom. The molecule has 1 aliphatic carbocycles. The normalized spacial score (nSPS) is 21.5. The Balaban J connectivity index is 1.54. The minimum atomic E-state index is -3.57. The molecule has 1 N–H and O–H groups in total. The number of allylic oxidation sites excluding steroid dienone is 1. The zero-order valence-corrected chi connectivity index (χ0v) is 18.4. The lowest BCUT2D eigenvalue weighted by Gasteiger charge is -2.31. The Labute approximate surface area is 182 Å². The number of aliphatic hydroxyl groups is 1. The van der Waals surface area contributed by atoms with Crippen molar-refractivity contribution in [3.05, 3.63) is 69.0 Å². The van der Waals surface area contributed by atoms with Gasteiger partial charge in [-0.1, -0.05) is 23.7 Å². The topological polar surface area (TPSA) is 66.7 Å². The van der Waals surface area contributed by atoms with Crippen LogP contribution in [0.5, 0.6) is 0 Å². The smallest absolute Gasteiger partial charge is 0.180 e. The van der Waals surface area contributed by atoms with Crippen LogP contribution >= 0.6 is 27.5 Å². The Morgan fingerprint density at radius 2 is 1.90 bits per heavy atom. The van der Waals surface area contributed by atoms with Gasteiger partial charge in [0.2, 0.25) is 0 Å². The highest BCUT2D eigenvalue weighted by Crippen LogP contribution is 2.34. The van der Waals surface area contributed by atoms with E-state index < -0.39 is 15.9 Å². The Kier molecular flexibility index (Phi) is 5.68. The quantitative estimate of drug-likeness (QED) is 0.629. The van der Waals surface area contributed by atoms with E-state index in [0.29, 0.717) is 35.0 Å². The molecule has 1 aliphatic heterocycles. The second kappa shape index (κ2) is 7.95. The third kappa shape index (κ3) is 4.33. The van der Waals surface area contributed by atoms with Crippen molar-refractivity contribution in [2.24, 2.45) is 10.9 Å². The lowest BCUT2D eigenvalue weighted by atomic mass is 9.84. The number of nitrogens with zero attached hydrogens (tertiary/aromatic N) is 1. The van der Waals surface area contributed by atoms with Gasteiger partial charge >= 0.3 is 0 Å². The standard InChI is InChI=1S/C21H18BrClFNO3S/c22-17-3-1-13(7-19(17)24)15-8-20(25-10-15)14-2-4-18(23)21(9-14)29(27,28)11-12-5-16(26)6-12/h1-4,7,9-10,12,16,26H,5-6,8,11H2. The SMILES string of the molecule is O=S(=O)(CC1CC(O)C1)c1cc(C2=NC=C(c3ccc(Br)c(F)c3)C2)ccc1Cl. The van der Waals surface area contributed by atoms with Crippen LogP contribution in [0.2, 0.25) is 5.02 Å². The van der Waals surface area contributed by atoms with E-state index in [1.54, 1.807) is 30.5 Å². The van der Waals surface area contributed by atoms with Crippen molar-refractivity contribution in [1.29, 1.82) is 0 Å². The maximum Gasteiger partial charge on any atom is 0.180 e. The molecule has 0 bridgehead atoms. The Hall–Kier alpha value is -1.54. The molecule has 0 unspecified atom stereocenters. The van der Waals surface area contributed by atoms with Gasteiger partial charge in [0.15, 0.2) is 9.84 Å². The van der Waals surface area contributed by atoms with E-state index in [9.17, 15) is 17.9 Å². The zero-order chi connectivity index (χ0) is 20.8. The van der Waals surface area contributed by atoms with Crippen LogP contribution < -0.4 is 0 Å². The van der Waals surface area contributed by atoms with E-state index in [-0.39, 0.29) is 27.4 Å². The van der Waals surface area contributed by atoms with E-state index in [1.165, 1.54) is 6.07 Å². The van der Waals surface area contributed by atoms with Gasteiger partial charge in [-0.2, -0.15) is 0 Å². The molecular weight excluding hydrogens is 481 g/mol. The number of aliphatic imine (C=N–C) groups is 1. The summed E-state index contributed by atoms with van der Waals surface area (Å²) in [6, 6.07) is 9.77. The number of sulfone groups is 1. The molecular formula is C21H18BrClFNO3S. The van der Waals surface area contributed by atoms with Crippen molar-refractivity contribution >= 4 is 48.7 Å². The van der Waals surface area contributed by atoms with E-state index >= 15 is 0 Å². The molecule has 1 fully saturated rings. The van der Waals surface area contributed by atoms with Crippen LogP contribution in [0.1, 0.15) is 30.4 Å². The van der Waals surface area contributed by atoms with Crippen molar-refractivity contribution < 1.29 is 17.9 Å². The van der Waals surface area contributed by atoms with Crippen LogP contribution in [0.25, 0.3) is 5.57 Å². The number of benzene rings is 2. The predicted octanol–water partition coefficient (Wildman–Crippen LogP) is 5.02. The molecule has 0 atom stereocenters. The fourth-order valence-electron chi connectivity index (χ4n) is 3.63. The number of rotatable bonds is 5. The summed E-state index contributed by atoms with van der Waals surface area (Å²) in [4.78, 5) is 4.50. The second-order valence-electron chi connectivity index (χ2n) is 7.45. The molecule has 0 spiro atoms. The summed E-state index contributed by atoms with van der Waals surface area (Å²) in [6.07, 6.45) is 2.74. The molecule has 0 aromatic heterocycles. The summed E-state index contributed by atoms with van der Waals surface area (Å²) >= 11 is 9.33. The van der Waals surface area contributed by atoms with Crippen molar-refractivity contribution in [2.45, 2.75) is 30.3 Å². The number of hydrogen-bond donors (Lipinski definition) is 1. The molecule has 8 heteroatoms. The van der Waals surface area contributed by atoms with Crippen LogP contribution in [-0.4, -0.2) is 31.1 Å². The third-order valence-corrected chi connectivity index (χ3v) is 8.29. The fraction of sp³-hybridized carbons (Fsp3) is 0.286.